The largest absolute Gasteiger partial charge is 0.347 e. The molecule has 1 aromatic rings. The average Bonchev–Trinajstić information content (AvgIpc) is 2.60. The van der Waals surface area contributed by atoms with Gasteiger partial charge >= 0.3 is 0 Å². The van der Waals surface area contributed by atoms with Crippen molar-refractivity contribution in [2.24, 2.45) is 7.05 Å². The summed E-state index contributed by atoms with van der Waals surface area (Å²) in [6.07, 6.45) is 5.71. The number of thiol groups is 1. The van der Waals surface area contributed by atoms with Crippen LogP contribution in [0.5, 0.6) is 0 Å². The summed E-state index contributed by atoms with van der Waals surface area (Å²) in [7, 11) is 3.95. The third-order valence-corrected chi connectivity index (χ3v) is 4.63. The Bertz CT molecular complexity index is 458. The monoisotopic (exact) mass is 266 g/mol. The molecule has 3 aliphatic rings. The van der Waals surface area contributed by atoms with Crippen LogP contribution in [0.3, 0.4) is 0 Å². The second kappa shape index (κ2) is 4.42. The predicted octanol–water partition coefficient (Wildman–Crippen LogP) is 2.51. The molecule has 4 heteroatoms. The summed E-state index contributed by atoms with van der Waals surface area (Å²) in [6, 6.07) is 2.01. The first-order chi connectivity index (χ1) is 8.50. The number of carbonyl (C=O) groups excluding carboxylic acids is 1. The van der Waals surface area contributed by atoms with Crippen molar-refractivity contribution in [3.05, 3.63) is 23.5 Å². The minimum atomic E-state index is -0.149. The van der Waals surface area contributed by atoms with Crippen molar-refractivity contribution in [2.75, 3.05) is 7.05 Å². The molecule has 3 saturated carbocycles. The molecule has 0 saturated heterocycles. The number of aryl methyl sites for hydroxylation is 1. The van der Waals surface area contributed by atoms with Gasteiger partial charge in [-0.25, -0.2) is 0 Å². The lowest BCUT2D eigenvalue weighted by Crippen LogP contribution is -2.75. The quantitative estimate of drug-likeness (QED) is 0.824. The van der Waals surface area contributed by atoms with E-state index in [0.717, 1.165) is 0 Å². The molecule has 100 valence electrons. The van der Waals surface area contributed by atoms with E-state index in [1.54, 1.807) is 0 Å². The molecule has 2 bridgehead atoms. The number of hydrogen-bond acceptors (Lipinski definition) is 2. The Morgan fingerprint density at radius 3 is 2.33 bits per heavy atom. The first kappa shape index (κ1) is 13.7. The van der Waals surface area contributed by atoms with Crippen LogP contribution < -0.4 is 5.32 Å². The smallest absolute Gasteiger partial charge is 0.232 e. The number of carbonyl (C=O) groups is 1. The van der Waals surface area contributed by atoms with E-state index in [0.29, 0.717) is 16.6 Å². The van der Waals surface area contributed by atoms with Gasteiger partial charge in [0.2, 0.25) is 5.12 Å². The van der Waals surface area contributed by atoms with Crippen LogP contribution in [0.4, 0.5) is 0 Å². The molecule has 0 spiro atoms. The van der Waals surface area contributed by atoms with Gasteiger partial charge in [0.15, 0.2) is 0 Å². The third-order valence-electron chi connectivity index (χ3n) is 4.40. The Kier molecular flexibility index (Phi) is 3.36. The molecule has 1 N–H and O–H groups in total. The second-order valence-corrected chi connectivity index (χ2v) is 5.78. The van der Waals surface area contributed by atoms with E-state index in [1.807, 2.05) is 38.6 Å². The Labute approximate surface area is 114 Å². The fourth-order valence-electron chi connectivity index (χ4n) is 3.43. The van der Waals surface area contributed by atoms with Gasteiger partial charge in [-0.1, -0.05) is 26.5 Å². The number of aromatic nitrogens is 1. The number of nitrogens with zero attached hydrogens (tertiary/aromatic N) is 1. The molecular formula is C14H22N2OS. The van der Waals surface area contributed by atoms with Crippen LogP contribution in [0.2, 0.25) is 0 Å². The molecule has 0 atom stereocenters. The van der Waals surface area contributed by atoms with Crippen LogP contribution in [-0.4, -0.2) is 22.3 Å². The van der Waals surface area contributed by atoms with E-state index in [-0.39, 0.29) is 5.12 Å². The van der Waals surface area contributed by atoms with Crippen molar-refractivity contribution in [3.8, 4) is 0 Å². The molecule has 18 heavy (non-hydrogen) atoms. The highest BCUT2D eigenvalue weighted by Crippen LogP contribution is 2.67. The molecule has 1 heterocycles. The molecule has 4 rings (SSSR count). The van der Waals surface area contributed by atoms with Crippen LogP contribution in [0.1, 0.15) is 49.2 Å². The maximum Gasteiger partial charge on any atom is 0.232 e. The lowest BCUT2D eigenvalue weighted by molar-refractivity contribution is -0.0831. The summed E-state index contributed by atoms with van der Waals surface area (Å²) in [5.74, 6) is 0. The fourth-order valence-corrected chi connectivity index (χ4v) is 3.65. The Morgan fingerprint density at radius 1 is 1.39 bits per heavy atom. The lowest BCUT2D eigenvalue weighted by atomic mass is 9.38. The van der Waals surface area contributed by atoms with E-state index >= 15 is 0 Å². The van der Waals surface area contributed by atoms with Crippen molar-refractivity contribution < 1.29 is 4.79 Å². The van der Waals surface area contributed by atoms with Crippen molar-refractivity contribution in [2.45, 2.75) is 44.1 Å². The van der Waals surface area contributed by atoms with Crippen molar-refractivity contribution >= 4 is 17.7 Å². The van der Waals surface area contributed by atoms with Crippen LogP contribution in [0, 0.1) is 0 Å². The summed E-state index contributed by atoms with van der Waals surface area (Å²) in [6.45, 7) is 4.00. The standard InChI is InChI=1S/C12H16N2OS.C2H6/c1-13-12-5-11(6-12,7-12)8-3-9(10(15)16)14(2)4-8;1-2/h3-4,13H,5-7H2,1-2H3,(H,15,16);1-2H3. The van der Waals surface area contributed by atoms with Gasteiger partial charge in [0.25, 0.3) is 0 Å². The molecule has 3 nitrogen and oxygen atoms in total. The Hall–Kier alpha value is -0.740. The van der Waals surface area contributed by atoms with Crippen molar-refractivity contribution in [1.82, 2.24) is 9.88 Å². The van der Waals surface area contributed by atoms with E-state index in [1.165, 1.54) is 24.8 Å². The van der Waals surface area contributed by atoms with E-state index < -0.39 is 0 Å². The highest BCUT2D eigenvalue weighted by Gasteiger charge is 2.67. The predicted molar refractivity (Wildman–Crippen MR) is 77.4 cm³/mol. The third kappa shape index (κ3) is 1.74. The molecule has 0 unspecified atom stereocenters. The zero-order valence-electron chi connectivity index (χ0n) is 11.6. The fraction of sp³-hybridized carbons (Fsp3) is 0.643. The van der Waals surface area contributed by atoms with Crippen molar-refractivity contribution in [1.29, 1.82) is 0 Å². The molecule has 3 aliphatic carbocycles. The average molecular weight is 266 g/mol. The number of rotatable bonds is 3. The van der Waals surface area contributed by atoms with Crippen molar-refractivity contribution in [3.63, 3.8) is 0 Å². The zero-order chi connectivity index (χ0) is 13.6. The zero-order valence-corrected chi connectivity index (χ0v) is 12.5. The summed E-state index contributed by atoms with van der Waals surface area (Å²) >= 11 is 3.89. The van der Waals surface area contributed by atoms with Gasteiger partial charge in [-0.2, -0.15) is 0 Å². The highest BCUT2D eigenvalue weighted by molar-refractivity contribution is 7.97. The van der Waals surface area contributed by atoms with Gasteiger partial charge in [-0.05, 0) is 37.9 Å². The molecular weight excluding hydrogens is 244 g/mol. The lowest BCUT2D eigenvalue weighted by Gasteiger charge is -2.70. The van der Waals surface area contributed by atoms with Crippen LogP contribution in [0.15, 0.2) is 12.3 Å². The van der Waals surface area contributed by atoms with Gasteiger partial charge in [0.1, 0.15) is 0 Å². The Morgan fingerprint density at radius 2 is 1.94 bits per heavy atom. The highest BCUT2D eigenvalue weighted by atomic mass is 32.1. The molecule has 0 aromatic carbocycles. The molecule has 1 aromatic heterocycles. The van der Waals surface area contributed by atoms with Gasteiger partial charge in [-0.15, -0.1) is 0 Å². The van der Waals surface area contributed by atoms with Gasteiger partial charge in [-0.3, -0.25) is 4.79 Å². The molecule has 0 aliphatic heterocycles. The summed E-state index contributed by atoms with van der Waals surface area (Å²) in [4.78, 5) is 11.3. The van der Waals surface area contributed by atoms with Gasteiger partial charge < -0.3 is 9.88 Å². The minimum Gasteiger partial charge on any atom is -0.347 e. The van der Waals surface area contributed by atoms with E-state index in [2.05, 4.69) is 24.1 Å². The number of nitrogens with one attached hydrogen (secondary N) is 1. The topological polar surface area (TPSA) is 34.0 Å². The van der Waals surface area contributed by atoms with Gasteiger partial charge in [0, 0.05) is 24.2 Å². The molecule has 0 radical (unpaired) electrons. The van der Waals surface area contributed by atoms with Gasteiger partial charge in [0.05, 0.1) is 5.69 Å². The maximum atomic E-state index is 11.3. The van der Waals surface area contributed by atoms with E-state index in [4.69, 9.17) is 0 Å². The SMILES string of the molecule is CC.CNC12CC(c3cc(C(=O)S)n(C)c3)(C1)C2. The van der Waals surface area contributed by atoms with Crippen LogP contribution >= 0.6 is 12.6 Å². The first-order valence-corrected chi connectivity index (χ1v) is 7.04. The molecule has 0 amide bonds. The second-order valence-electron chi connectivity index (χ2n) is 5.37. The number of hydrogen-bond donors (Lipinski definition) is 2. The minimum absolute atomic E-state index is 0.149. The van der Waals surface area contributed by atoms with Crippen LogP contribution in [0.25, 0.3) is 0 Å². The summed E-state index contributed by atoms with van der Waals surface area (Å²) < 4.78 is 1.89. The Balaban J connectivity index is 0.000000574. The van der Waals surface area contributed by atoms with E-state index in [9.17, 15) is 4.79 Å². The maximum absolute atomic E-state index is 11.3. The summed E-state index contributed by atoms with van der Waals surface area (Å²) in [5, 5.41) is 3.24. The normalized spacial score (nSPS) is 31.8. The van der Waals surface area contributed by atoms with Crippen LogP contribution in [-0.2, 0) is 12.5 Å². The first-order valence-electron chi connectivity index (χ1n) is 6.59. The summed E-state index contributed by atoms with van der Waals surface area (Å²) in [5.41, 5.74) is 2.76. The molecule has 3 fully saturated rings.